The highest BCUT2D eigenvalue weighted by Crippen LogP contribution is 2.43. The third kappa shape index (κ3) is 5.98. The molecule has 0 unspecified atom stereocenters. The van der Waals surface area contributed by atoms with Crippen LogP contribution < -0.4 is 0 Å². The lowest BCUT2D eigenvalue weighted by atomic mass is 9.93. The van der Waals surface area contributed by atoms with Gasteiger partial charge in [0.25, 0.3) is 0 Å². The molecule has 0 aliphatic heterocycles. The Labute approximate surface area is 357 Å². The molecule has 0 amide bonds. The zero-order chi connectivity index (χ0) is 41.0. The van der Waals surface area contributed by atoms with Crippen molar-refractivity contribution in [2.45, 2.75) is 0 Å². The first-order valence-electron chi connectivity index (χ1n) is 20.8. The van der Waals surface area contributed by atoms with Gasteiger partial charge in [0.1, 0.15) is 22.3 Å². The Kier molecular flexibility index (Phi) is 8.42. The lowest BCUT2D eigenvalue weighted by Gasteiger charge is -2.10. The van der Waals surface area contributed by atoms with E-state index in [-0.39, 0.29) is 0 Å². The third-order valence-electron chi connectivity index (χ3n) is 11.8. The van der Waals surface area contributed by atoms with E-state index in [0.29, 0.717) is 17.5 Å². The molecule has 290 valence electrons. The van der Waals surface area contributed by atoms with Gasteiger partial charge in [-0.1, -0.05) is 206 Å². The third-order valence-corrected chi connectivity index (χ3v) is 11.8. The van der Waals surface area contributed by atoms with Crippen LogP contribution in [0.4, 0.5) is 0 Å². The minimum Gasteiger partial charge on any atom is -0.455 e. The summed E-state index contributed by atoms with van der Waals surface area (Å²) in [6, 6.07) is 73.2. The van der Waals surface area contributed by atoms with Crippen molar-refractivity contribution in [3.63, 3.8) is 0 Å². The van der Waals surface area contributed by atoms with E-state index in [0.717, 1.165) is 93.9 Å². The molecule has 9 aromatic carbocycles. The molecule has 12 rings (SSSR count). The molecule has 5 nitrogen and oxygen atoms in total. The summed E-state index contributed by atoms with van der Waals surface area (Å²) >= 11 is 0. The van der Waals surface area contributed by atoms with Gasteiger partial charge in [-0.05, 0) is 33.9 Å². The van der Waals surface area contributed by atoms with Crippen LogP contribution >= 0.6 is 0 Å². The molecule has 12 aromatic rings. The van der Waals surface area contributed by atoms with Crippen LogP contribution in [0.25, 0.3) is 123 Å². The molecular weight excluding hydrogens is 759 g/mol. The van der Waals surface area contributed by atoms with Crippen LogP contribution in [0.3, 0.4) is 0 Å². The predicted octanol–water partition coefficient (Wildman–Crippen LogP) is 15.3. The topological polar surface area (TPSA) is 65.0 Å². The van der Waals surface area contributed by atoms with Crippen molar-refractivity contribution in [3.8, 4) is 78.7 Å². The number of nitrogens with zero attached hydrogens (tertiary/aromatic N) is 3. The van der Waals surface area contributed by atoms with Crippen molar-refractivity contribution < 1.29 is 8.83 Å². The number of hydrogen-bond acceptors (Lipinski definition) is 5. The van der Waals surface area contributed by atoms with Gasteiger partial charge >= 0.3 is 0 Å². The lowest BCUT2D eigenvalue weighted by molar-refractivity contribution is 0.670. The Morgan fingerprint density at radius 1 is 0.210 bits per heavy atom. The molecular formula is C57H35N3O2. The number of hydrogen-bond donors (Lipinski definition) is 0. The first-order valence-corrected chi connectivity index (χ1v) is 20.8. The molecule has 0 aliphatic carbocycles. The normalized spacial score (nSPS) is 11.5. The average Bonchev–Trinajstić information content (AvgIpc) is 3.94. The molecule has 0 bridgehead atoms. The highest BCUT2D eigenvalue weighted by Gasteiger charge is 2.21. The molecule has 0 saturated heterocycles. The van der Waals surface area contributed by atoms with Crippen LogP contribution in [-0.4, -0.2) is 15.0 Å². The molecule has 0 fully saturated rings. The summed E-state index contributed by atoms with van der Waals surface area (Å²) in [4.78, 5) is 15.3. The second-order valence-electron chi connectivity index (χ2n) is 15.5. The highest BCUT2D eigenvalue weighted by molar-refractivity contribution is 6.14. The van der Waals surface area contributed by atoms with Crippen LogP contribution in [-0.2, 0) is 0 Å². The smallest absolute Gasteiger partial charge is 0.167 e. The number of para-hydroxylation sites is 4. The maximum absolute atomic E-state index is 6.91. The largest absolute Gasteiger partial charge is 0.455 e. The van der Waals surface area contributed by atoms with Crippen molar-refractivity contribution >= 4 is 43.9 Å². The minimum absolute atomic E-state index is 0.542. The molecule has 3 aromatic heterocycles. The fraction of sp³-hybridized carbons (Fsp3) is 0. The van der Waals surface area contributed by atoms with Gasteiger partial charge in [-0.2, -0.15) is 0 Å². The maximum atomic E-state index is 6.91. The van der Waals surface area contributed by atoms with E-state index in [1.807, 2.05) is 48.5 Å². The van der Waals surface area contributed by atoms with Crippen molar-refractivity contribution in [1.29, 1.82) is 0 Å². The van der Waals surface area contributed by atoms with Gasteiger partial charge in [0, 0.05) is 49.4 Å². The van der Waals surface area contributed by atoms with Crippen LogP contribution in [0.5, 0.6) is 0 Å². The summed E-state index contributed by atoms with van der Waals surface area (Å²) in [5.41, 5.74) is 14.6. The molecule has 0 saturated carbocycles. The standard InChI is InChI=1S/C57H35N3O2/c1-4-16-36(17-5-1)41-22-10-11-23-44(41)45-26-14-29-48-46-27-13-25-43(52(46)61-53(45)48)38-32-34-40(35-33-38)56-58-55(39-20-8-3-9-21-39)59-57(60-56)50-31-15-30-49-47-28-12-24-42(51(47)62-54(49)50)37-18-6-2-7-19-37/h1-35H. The van der Waals surface area contributed by atoms with Crippen LogP contribution in [0.1, 0.15) is 0 Å². The summed E-state index contributed by atoms with van der Waals surface area (Å²) < 4.78 is 13.7. The van der Waals surface area contributed by atoms with Gasteiger partial charge in [-0.15, -0.1) is 0 Å². The quantitative estimate of drug-likeness (QED) is 0.161. The molecule has 3 heterocycles. The SMILES string of the molecule is c1ccc(-c2nc(-c3ccc(-c4cccc5c4oc4c(-c6ccccc6-c6ccccc6)cccc45)cc3)nc(-c3cccc4c3oc3c(-c5ccccc5)cccc34)n2)cc1. The Balaban J connectivity index is 0.967. The Bertz CT molecular complexity index is 3610. The number of furan rings is 2. The average molecular weight is 794 g/mol. The Morgan fingerprint density at radius 3 is 1.06 bits per heavy atom. The van der Waals surface area contributed by atoms with E-state index in [4.69, 9.17) is 23.8 Å². The van der Waals surface area contributed by atoms with E-state index >= 15 is 0 Å². The van der Waals surface area contributed by atoms with Crippen LogP contribution in [0.2, 0.25) is 0 Å². The van der Waals surface area contributed by atoms with Crippen LogP contribution in [0, 0.1) is 0 Å². The first-order chi connectivity index (χ1) is 30.7. The van der Waals surface area contributed by atoms with Gasteiger partial charge in [-0.3, -0.25) is 0 Å². The highest BCUT2D eigenvalue weighted by atomic mass is 16.3. The summed E-state index contributed by atoms with van der Waals surface area (Å²) in [6.45, 7) is 0. The van der Waals surface area contributed by atoms with Crippen LogP contribution in [0.15, 0.2) is 221 Å². The predicted molar refractivity (Wildman–Crippen MR) is 252 cm³/mol. The van der Waals surface area contributed by atoms with Crippen molar-refractivity contribution in [1.82, 2.24) is 15.0 Å². The monoisotopic (exact) mass is 793 g/mol. The van der Waals surface area contributed by atoms with E-state index in [2.05, 4.69) is 164 Å². The number of aromatic nitrogens is 3. The fourth-order valence-electron chi connectivity index (χ4n) is 8.83. The van der Waals surface area contributed by atoms with Crippen molar-refractivity contribution in [2.24, 2.45) is 0 Å². The minimum atomic E-state index is 0.542. The molecule has 0 spiro atoms. The van der Waals surface area contributed by atoms with E-state index in [1.165, 1.54) is 11.1 Å². The van der Waals surface area contributed by atoms with Gasteiger partial charge < -0.3 is 8.83 Å². The molecule has 5 heteroatoms. The molecule has 0 N–H and O–H groups in total. The number of rotatable bonds is 7. The second kappa shape index (κ2) is 14.7. The van der Waals surface area contributed by atoms with E-state index in [1.54, 1.807) is 0 Å². The molecule has 62 heavy (non-hydrogen) atoms. The van der Waals surface area contributed by atoms with Crippen molar-refractivity contribution in [3.05, 3.63) is 212 Å². The summed E-state index contributed by atoms with van der Waals surface area (Å²) in [7, 11) is 0. The molecule has 0 atom stereocenters. The fourth-order valence-corrected chi connectivity index (χ4v) is 8.83. The van der Waals surface area contributed by atoms with Gasteiger partial charge in [0.15, 0.2) is 17.5 Å². The second-order valence-corrected chi connectivity index (χ2v) is 15.5. The van der Waals surface area contributed by atoms with E-state index in [9.17, 15) is 0 Å². The molecule has 0 aliphatic rings. The van der Waals surface area contributed by atoms with Gasteiger partial charge in [0.2, 0.25) is 0 Å². The summed E-state index contributed by atoms with van der Waals surface area (Å²) in [5.74, 6) is 1.70. The number of benzene rings is 9. The first kappa shape index (κ1) is 35.5. The van der Waals surface area contributed by atoms with Gasteiger partial charge in [0.05, 0.1) is 5.56 Å². The summed E-state index contributed by atoms with van der Waals surface area (Å²) in [6.07, 6.45) is 0. The Hall–Kier alpha value is -8.41. The lowest BCUT2D eigenvalue weighted by Crippen LogP contribution is -2.00. The zero-order valence-electron chi connectivity index (χ0n) is 33.4. The summed E-state index contributed by atoms with van der Waals surface area (Å²) in [5, 5.41) is 4.21. The van der Waals surface area contributed by atoms with E-state index < -0.39 is 0 Å². The Morgan fingerprint density at radius 2 is 0.532 bits per heavy atom. The van der Waals surface area contributed by atoms with Gasteiger partial charge in [-0.25, -0.2) is 15.0 Å². The zero-order valence-corrected chi connectivity index (χ0v) is 33.4. The van der Waals surface area contributed by atoms with Crippen molar-refractivity contribution in [2.75, 3.05) is 0 Å². The number of fused-ring (bicyclic) bond motifs is 6. The maximum Gasteiger partial charge on any atom is 0.167 e. The molecule has 0 radical (unpaired) electrons.